The van der Waals surface area contributed by atoms with Gasteiger partial charge in [0.25, 0.3) is 0 Å². The maximum Gasteiger partial charge on any atom is 0.408 e. The van der Waals surface area contributed by atoms with Gasteiger partial charge in [0.15, 0.2) is 0 Å². The molecular weight excluding hydrogens is 428 g/mol. The predicted molar refractivity (Wildman–Crippen MR) is 122 cm³/mol. The van der Waals surface area contributed by atoms with Gasteiger partial charge in [0.1, 0.15) is 30.7 Å². The Kier molecular flexibility index (Phi) is 12.4. The zero-order valence-corrected chi connectivity index (χ0v) is 18.7. The van der Waals surface area contributed by atoms with E-state index in [1.165, 1.54) is 12.1 Å². The zero-order chi connectivity index (χ0) is 24.6. The first-order valence-corrected chi connectivity index (χ1v) is 10.6. The number of carbonyl (C=O) groups is 4. The maximum atomic E-state index is 12.6. The number of aldehydes is 1. The molecule has 0 heterocycles. The van der Waals surface area contributed by atoms with Crippen molar-refractivity contribution in [3.8, 4) is 5.75 Å². The number of ether oxygens (including phenoxy) is 1. The summed E-state index contributed by atoms with van der Waals surface area (Å²) in [5, 5.41) is 23.6. The Morgan fingerprint density at radius 2 is 1.58 bits per heavy atom. The monoisotopic (exact) mass is 458 g/mol. The van der Waals surface area contributed by atoms with E-state index < -0.39 is 30.1 Å². The summed E-state index contributed by atoms with van der Waals surface area (Å²) in [4.78, 5) is 47.0. The molecule has 0 aromatic heterocycles. The van der Waals surface area contributed by atoms with Crippen molar-refractivity contribution < 1.29 is 34.1 Å². The molecule has 33 heavy (non-hydrogen) atoms. The van der Waals surface area contributed by atoms with Crippen LogP contribution in [0.25, 0.3) is 0 Å². The number of hydrogen-bond acceptors (Lipinski definition) is 6. The number of aliphatic carboxylic acids is 1. The van der Waals surface area contributed by atoms with Crippen molar-refractivity contribution in [3.05, 3.63) is 65.7 Å². The molecule has 0 bridgehead atoms. The number of nitrogens with one attached hydrogen (secondary N) is 2. The van der Waals surface area contributed by atoms with Gasteiger partial charge in [0.05, 0.1) is 0 Å². The summed E-state index contributed by atoms with van der Waals surface area (Å²) in [7, 11) is 0. The van der Waals surface area contributed by atoms with Gasteiger partial charge in [-0.1, -0.05) is 56.3 Å². The Labute approximate surface area is 192 Å². The first-order chi connectivity index (χ1) is 15.9. The minimum Gasteiger partial charge on any atom is -0.508 e. The van der Waals surface area contributed by atoms with Crippen LogP contribution in [0, 0.1) is 0 Å². The minimum absolute atomic E-state index is 0.00665. The molecule has 0 radical (unpaired) electrons. The molecule has 2 aromatic carbocycles. The molecule has 0 saturated heterocycles. The highest BCUT2D eigenvalue weighted by atomic mass is 16.5. The number of benzene rings is 2. The van der Waals surface area contributed by atoms with E-state index in [0.29, 0.717) is 11.8 Å². The van der Waals surface area contributed by atoms with Crippen LogP contribution in [0.3, 0.4) is 0 Å². The third-order valence-corrected chi connectivity index (χ3v) is 4.39. The van der Waals surface area contributed by atoms with Crippen LogP contribution in [0.1, 0.15) is 37.8 Å². The van der Waals surface area contributed by atoms with E-state index in [1.54, 1.807) is 36.4 Å². The predicted octanol–water partition coefficient (Wildman–Crippen LogP) is 2.80. The van der Waals surface area contributed by atoms with E-state index in [1.807, 2.05) is 19.9 Å². The number of alkyl carbamates (subject to hydrolysis) is 1. The Hall–Kier alpha value is -3.88. The van der Waals surface area contributed by atoms with Crippen LogP contribution in [-0.4, -0.2) is 46.6 Å². The Morgan fingerprint density at radius 1 is 0.939 bits per heavy atom. The van der Waals surface area contributed by atoms with Gasteiger partial charge >= 0.3 is 12.1 Å². The van der Waals surface area contributed by atoms with E-state index >= 15 is 0 Å². The third kappa shape index (κ3) is 10.3. The van der Waals surface area contributed by atoms with Gasteiger partial charge in [-0.2, -0.15) is 0 Å². The molecule has 0 aliphatic carbocycles. The third-order valence-electron chi connectivity index (χ3n) is 4.39. The smallest absolute Gasteiger partial charge is 0.408 e. The van der Waals surface area contributed by atoms with E-state index in [-0.39, 0.29) is 31.6 Å². The van der Waals surface area contributed by atoms with Gasteiger partial charge in [-0.3, -0.25) is 4.79 Å². The van der Waals surface area contributed by atoms with Crippen molar-refractivity contribution in [2.24, 2.45) is 0 Å². The van der Waals surface area contributed by atoms with Crippen LogP contribution in [0.5, 0.6) is 5.75 Å². The molecule has 178 valence electrons. The molecule has 4 N–H and O–H groups in total. The topological polar surface area (TPSA) is 142 Å². The fourth-order valence-corrected chi connectivity index (χ4v) is 2.75. The highest BCUT2D eigenvalue weighted by Crippen LogP contribution is 2.12. The quantitative estimate of drug-likeness (QED) is 0.379. The average Bonchev–Trinajstić information content (AvgIpc) is 2.83. The van der Waals surface area contributed by atoms with Gasteiger partial charge in [-0.05, 0) is 29.7 Å². The van der Waals surface area contributed by atoms with Gasteiger partial charge in [-0.15, -0.1) is 0 Å². The summed E-state index contributed by atoms with van der Waals surface area (Å²) in [6.07, 6.45) is -0.309. The Bertz CT molecular complexity index is 885. The maximum absolute atomic E-state index is 12.6. The second-order valence-corrected chi connectivity index (χ2v) is 6.77. The molecule has 2 amide bonds. The summed E-state index contributed by atoms with van der Waals surface area (Å²) in [6, 6.07) is 12.4. The lowest BCUT2D eigenvalue weighted by Gasteiger charge is -2.21. The second-order valence-electron chi connectivity index (χ2n) is 6.77. The van der Waals surface area contributed by atoms with E-state index in [9.17, 15) is 29.4 Å². The molecule has 9 nitrogen and oxygen atoms in total. The number of aromatic hydroxyl groups is 1. The lowest BCUT2D eigenvalue weighted by molar-refractivity contribution is -0.142. The zero-order valence-electron chi connectivity index (χ0n) is 18.7. The molecule has 0 saturated carbocycles. The number of carboxylic acids is 1. The molecule has 9 heteroatoms. The number of amides is 2. The van der Waals surface area contributed by atoms with Crippen LogP contribution >= 0.6 is 0 Å². The van der Waals surface area contributed by atoms with Crippen molar-refractivity contribution in [3.63, 3.8) is 0 Å². The van der Waals surface area contributed by atoms with Gasteiger partial charge in [0, 0.05) is 12.8 Å². The number of phenolic OH excluding ortho intramolecular Hbond substituents is 1. The average molecular weight is 459 g/mol. The summed E-state index contributed by atoms with van der Waals surface area (Å²) >= 11 is 0. The lowest BCUT2D eigenvalue weighted by atomic mass is 10.0. The highest BCUT2D eigenvalue weighted by Gasteiger charge is 2.27. The van der Waals surface area contributed by atoms with E-state index in [2.05, 4.69) is 10.6 Å². The molecule has 2 rings (SSSR count). The summed E-state index contributed by atoms with van der Waals surface area (Å²) in [5.41, 5.74) is 1.34. The number of phenols is 1. The van der Waals surface area contributed by atoms with Crippen LogP contribution in [-0.2, 0) is 32.1 Å². The van der Waals surface area contributed by atoms with Crippen LogP contribution in [0.15, 0.2) is 54.6 Å². The summed E-state index contributed by atoms with van der Waals surface area (Å²) in [6.45, 7) is 3.99. The van der Waals surface area contributed by atoms with Crippen molar-refractivity contribution in [1.82, 2.24) is 10.6 Å². The van der Waals surface area contributed by atoms with Crippen molar-refractivity contribution in [2.75, 3.05) is 0 Å². The van der Waals surface area contributed by atoms with E-state index in [4.69, 9.17) is 4.74 Å². The fraction of sp³-hybridized carbons (Fsp3) is 0.333. The first kappa shape index (κ1) is 27.2. The van der Waals surface area contributed by atoms with Gasteiger partial charge in [-0.25, -0.2) is 9.59 Å². The van der Waals surface area contributed by atoms with Crippen LogP contribution in [0.2, 0.25) is 0 Å². The largest absolute Gasteiger partial charge is 0.508 e. The first-order valence-electron chi connectivity index (χ1n) is 10.6. The molecule has 0 fully saturated rings. The molecular formula is C24H30N2O7. The van der Waals surface area contributed by atoms with Crippen LogP contribution < -0.4 is 10.6 Å². The molecule has 0 spiro atoms. The van der Waals surface area contributed by atoms with Gasteiger partial charge in [0.2, 0.25) is 5.91 Å². The van der Waals surface area contributed by atoms with Crippen molar-refractivity contribution >= 4 is 24.3 Å². The molecule has 2 unspecified atom stereocenters. The number of hydrogen-bond donors (Lipinski definition) is 4. The molecule has 2 atom stereocenters. The minimum atomic E-state index is -1.27. The van der Waals surface area contributed by atoms with Crippen molar-refractivity contribution in [2.45, 2.75) is 51.8 Å². The second kappa shape index (κ2) is 15.0. The molecule has 0 aliphatic rings. The highest BCUT2D eigenvalue weighted by molar-refractivity contribution is 5.89. The summed E-state index contributed by atoms with van der Waals surface area (Å²) in [5.74, 6) is -1.97. The number of carboxylic acid groups (broad SMARTS) is 1. The number of rotatable bonds is 11. The Morgan fingerprint density at radius 3 is 2.15 bits per heavy atom. The van der Waals surface area contributed by atoms with Crippen LogP contribution in [0.4, 0.5) is 4.79 Å². The lowest BCUT2D eigenvalue weighted by Crippen LogP contribution is -2.52. The van der Waals surface area contributed by atoms with Gasteiger partial charge < -0.3 is 30.4 Å². The number of carbonyl (C=O) groups excluding carboxylic acids is 3. The Balaban J connectivity index is 0.00000265. The van der Waals surface area contributed by atoms with E-state index in [0.717, 1.165) is 5.56 Å². The molecule has 0 aliphatic heterocycles. The van der Waals surface area contributed by atoms with Crippen molar-refractivity contribution in [1.29, 1.82) is 0 Å². The standard InChI is InChI=1S/C22H24N2O7.C2H6/c25-12-4-7-18(24-22(30)31-14-16-5-2-1-3-6-16)20(27)23-19(21(28)29)13-15-8-10-17(26)11-9-15;1-2/h1-3,5-6,8-12,18-19,26H,4,7,13-14H2,(H,23,27)(H,24,30)(H,28,29);1-2H3. The SMILES string of the molecule is CC.O=CCCC(NC(=O)OCc1ccccc1)C(=O)NC(Cc1ccc(O)cc1)C(=O)O. The fourth-order valence-electron chi connectivity index (χ4n) is 2.75. The molecule has 2 aromatic rings. The summed E-state index contributed by atoms with van der Waals surface area (Å²) < 4.78 is 5.09. The normalized spacial score (nSPS) is 11.7.